The zero-order valence-corrected chi connectivity index (χ0v) is 12.4. The Morgan fingerprint density at radius 3 is 3.14 bits per heavy atom. The van der Waals surface area contributed by atoms with Gasteiger partial charge in [-0.15, -0.1) is 11.3 Å². The summed E-state index contributed by atoms with van der Waals surface area (Å²) in [5.74, 6) is 0.698. The van der Waals surface area contributed by atoms with Gasteiger partial charge in [-0.3, -0.25) is 0 Å². The summed E-state index contributed by atoms with van der Waals surface area (Å²) in [6.07, 6.45) is 3.66. The number of ether oxygens (including phenoxy) is 1. The number of hydrogen-bond acceptors (Lipinski definition) is 7. The molecular weight excluding hydrogens is 290 g/mol. The molecule has 0 saturated carbocycles. The molecule has 0 saturated heterocycles. The first kappa shape index (κ1) is 13.7. The minimum absolute atomic E-state index is 0.299. The summed E-state index contributed by atoms with van der Waals surface area (Å²) in [5, 5.41) is 5.84. The van der Waals surface area contributed by atoms with Crippen molar-refractivity contribution in [3.05, 3.63) is 29.2 Å². The number of aromatic nitrogens is 3. The Morgan fingerprint density at radius 2 is 2.38 bits per heavy atom. The summed E-state index contributed by atoms with van der Waals surface area (Å²) < 4.78 is 5.06. The lowest BCUT2D eigenvalue weighted by atomic mass is 10.1. The van der Waals surface area contributed by atoms with Crippen LogP contribution in [0.3, 0.4) is 0 Å². The summed E-state index contributed by atoms with van der Waals surface area (Å²) in [6.45, 7) is 3.23. The highest BCUT2D eigenvalue weighted by Gasteiger charge is 2.25. The van der Waals surface area contributed by atoms with Gasteiger partial charge in [-0.1, -0.05) is 0 Å². The molecule has 1 aliphatic rings. The molecule has 0 radical (unpaired) electrons. The Bertz CT molecular complexity index is 631. The van der Waals surface area contributed by atoms with Gasteiger partial charge in [0.25, 0.3) is 0 Å². The van der Waals surface area contributed by atoms with Crippen LogP contribution in [0.25, 0.3) is 0 Å². The highest BCUT2D eigenvalue weighted by atomic mass is 32.1. The van der Waals surface area contributed by atoms with E-state index in [9.17, 15) is 4.79 Å². The maximum absolute atomic E-state index is 11.9. The third-order valence-corrected chi connectivity index (χ3v) is 3.87. The first-order valence-electron chi connectivity index (χ1n) is 6.69. The molecule has 0 aromatic carbocycles. The van der Waals surface area contributed by atoms with E-state index >= 15 is 0 Å². The van der Waals surface area contributed by atoms with Crippen LogP contribution < -0.4 is 5.32 Å². The van der Waals surface area contributed by atoms with Crippen molar-refractivity contribution in [3.8, 4) is 0 Å². The van der Waals surface area contributed by atoms with E-state index in [2.05, 4.69) is 20.3 Å². The number of anilines is 2. The fourth-order valence-corrected chi connectivity index (χ4v) is 2.73. The molecule has 1 N–H and O–H groups in total. The molecule has 3 heterocycles. The van der Waals surface area contributed by atoms with Gasteiger partial charge in [0.1, 0.15) is 12.1 Å². The molecule has 21 heavy (non-hydrogen) atoms. The summed E-state index contributed by atoms with van der Waals surface area (Å²) in [5.41, 5.74) is 1.89. The molecule has 1 aliphatic heterocycles. The Balaban J connectivity index is 1.83. The molecule has 0 aliphatic carbocycles. The van der Waals surface area contributed by atoms with Crippen LogP contribution >= 0.6 is 11.3 Å². The number of nitrogens with one attached hydrogen (secondary N) is 1. The fraction of sp³-hybridized carbons (Fsp3) is 0.385. The van der Waals surface area contributed by atoms with E-state index in [1.165, 1.54) is 17.7 Å². The van der Waals surface area contributed by atoms with Crippen molar-refractivity contribution in [1.82, 2.24) is 19.9 Å². The van der Waals surface area contributed by atoms with Crippen LogP contribution in [0.5, 0.6) is 0 Å². The van der Waals surface area contributed by atoms with Gasteiger partial charge in [-0.05, 0) is 6.92 Å². The second-order valence-corrected chi connectivity index (χ2v) is 5.37. The van der Waals surface area contributed by atoms with Crippen LogP contribution in [0, 0.1) is 0 Å². The van der Waals surface area contributed by atoms with Gasteiger partial charge >= 0.3 is 6.09 Å². The van der Waals surface area contributed by atoms with Crippen LogP contribution in [0.1, 0.15) is 18.2 Å². The molecule has 0 atom stereocenters. The normalized spacial score (nSPS) is 13.7. The van der Waals surface area contributed by atoms with E-state index in [4.69, 9.17) is 4.74 Å². The lowest BCUT2D eigenvalue weighted by Crippen LogP contribution is -2.37. The van der Waals surface area contributed by atoms with E-state index in [-0.39, 0.29) is 6.09 Å². The van der Waals surface area contributed by atoms with Crippen LogP contribution in [-0.4, -0.2) is 39.1 Å². The zero-order valence-electron chi connectivity index (χ0n) is 11.6. The zero-order chi connectivity index (χ0) is 14.7. The second kappa shape index (κ2) is 6.04. The van der Waals surface area contributed by atoms with Crippen molar-refractivity contribution >= 4 is 28.4 Å². The molecule has 0 unspecified atom stereocenters. The highest BCUT2D eigenvalue weighted by Crippen LogP contribution is 2.26. The van der Waals surface area contributed by atoms with Crippen molar-refractivity contribution in [3.63, 3.8) is 0 Å². The molecule has 110 valence electrons. The van der Waals surface area contributed by atoms with E-state index in [1.807, 2.05) is 5.38 Å². The van der Waals surface area contributed by atoms with Gasteiger partial charge in [0.2, 0.25) is 0 Å². The number of fused-ring (bicyclic) bond motifs is 1. The summed E-state index contributed by atoms with van der Waals surface area (Å²) in [4.78, 5) is 26.3. The number of amides is 1. The third kappa shape index (κ3) is 2.94. The van der Waals surface area contributed by atoms with Crippen LogP contribution in [-0.2, 0) is 17.7 Å². The van der Waals surface area contributed by atoms with E-state index in [0.717, 1.165) is 16.4 Å². The molecule has 8 heteroatoms. The smallest absolute Gasteiger partial charge is 0.410 e. The number of thiazole rings is 1. The predicted octanol–water partition coefficient (Wildman–Crippen LogP) is 2.19. The molecular formula is C13H15N5O2S. The van der Waals surface area contributed by atoms with E-state index in [1.54, 1.807) is 18.0 Å². The molecule has 3 rings (SSSR count). The third-order valence-electron chi connectivity index (χ3n) is 3.19. The Hall–Kier alpha value is -2.22. The Kier molecular flexibility index (Phi) is 3.96. The van der Waals surface area contributed by atoms with Gasteiger partial charge in [0, 0.05) is 30.1 Å². The maximum Gasteiger partial charge on any atom is 0.410 e. The van der Waals surface area contributed by atoms with Gasteiger partial charge in [0.15, 0.2) is 5.13 Å². The summed E-state index contributed by atoms with van der Waals surface area (Å²) >= 11 is 1.50. The fourth-order valence-electron chi connectivity index (χ4n) is 2.21. The highest BCUT2D eigenvalue weighted by molar-refractivity contribution is 7.13. The SMILES string of the molecule is CCOC(=O)N1CCc2ncnc(Nc3nccs3)c2C1. The number of carbonyl (C=O) groups is 1. The van der Waals surface area contributed by atoms with Gasteiger partial charge in [0.05, 0.1) is 18.8 Å². The van der Waals surface area contributed by atoms with Crippen LogP contribution in [0.2, 0.25) is 0 Å². The largest absolute Gasteiger partial charge is 0.450 e. The molecule has 0 bridgehead atoms. The molecule has 0 fully saturated rings. The lowest BCUT2D eigenvalue weighted by Gasteiger charge is -2.28. The Labute approximate surface area is 126 Å². The first-order valence-corrected chi connectivity index (χ1v) is 7.57. The topological polar surface area (TPSA) is 80.2 Å². The van der Waals surface area contributed by atoms with E-state index in [0.29, 0.717) is 31.9 Å². The first-order chi connectivity index (χ1) is 10.3. The number of carbonyl (C=O) groups excluding carboxylic acids is 1. The quantitative estimate of drug-likeness (QED) is 0.936. The summed E-state index contributed by atoms with van der Waals surface area (Å²) in [6, 6.07) is 0. The predicted molar refractivity (Wildman–Crippen MR) is 78.6 cm³/mol. The van der Waals surface area contributed by atoms with Gasteiger partial charge in [-0.2, -0.15) is 0 Å². The molecule has 2 aromatic heterocycles. The van der Waals surface area contributed by atoms with Crippen molar-refractivity contribution in [2.45, 2.75) is 19.9 Å². The summed E-state index contributed by atoms with van der Waals surface area (Å²) in [7, 11) is 0. The van der Waals surface area contributed by atoms with Crippen LogP contribution in [0.4, 0.5) is 15.7 Å². The number of hydrogen-bond donors (Lipinski definition) is 1. The van der Waals surface area contributed by atoms with Crippen molar-refractivity contribution in [2.24, 2.45) is 0 Å². The average molecular weight is 305 g/mol. The Morgan fingerprint density at radius 1 is 1.48 bits per heavy atom. The molecule has 2 aromatic rings. The molecule has 1 amide bonds. The minimum Gasteiger partial charge on any atom is -0.450 e. The van der Waals surface area contributed by atoms with Gasteiger partial charge in [-0.25, -0.2) is 19.7 Å². The van der Waals surface area contributed by atoms with Crippen molar-refractivity contribution in [1.29, 1.82) is 0 Å². The van der Waals surface area contributed by atoms with E-state index < -0.39 is 0 Å². The van der Waals surface area contributed by atoms with Crippen LogP contribution in [0.15, 0.2) is 17.9 Å². The maximum atomic E-state index is 11.9. The van der Waals surface area contributed by atoms with Gasteiger partial charge < -0.3 is 15.0 Å². The number of nitrogens with zero attached hydrogens (tertiary/aromatic N) is 4. The standard InChI is InChI=1S/C13H15N5O2S/c1-2-20-13(19)18-5-3-10-9(7-18)11(16-8-15-10)17-12-14-4-6-21-12/h4,6,8H,2-3,5,7H2,1H3,(H,14,15,16,17). The average Bonchev–Trinajstić information content (AvgIpc) is 3.00. The lowest BCUT2D eigenvalue weighted by molar-refractivity contribution is 0.102. The number of rotatable bonds is 3. The molecule has 0 spiro atoms. The van der Waals surface area contributed by atoms with Crippen molar-refractivity contribution < 1.29 is 9.53 Å². The minimum atomic E-state index is -0.299. The second-order valence-electron chi connectivity index (χ2n) is 4.48. The molecule has 7 nitrogen and oxygen atoms in total. The van der Waals surface area contributed by atoms with Crippen molar-refractivity contribution in [2.75, 3.05) is 18.5 Å². The monoisotopic (exact) mass is 305 g/mol.